The van der Waals surface area contributed by atoms with Gasteiger partial charge in [-0.05, 0) is 56.2 Å². The number of ether oxygens (including phenoxy) is 1. The van der Waals surface area contributed by atoms with Crippen LogP contribution < -0.4 is 10.1 Å². The minimum atomic E-state index is -0.155. The van der Waals surface area contributed by atoms with Crippen molar-refractivity contribution < 1.29 is 9.53 Å². The Morgan fingerprint density at radius 2 is 1.85 bits per heavy atom. The van der Waals surface area contributed by atoms with Crippen molar-refractivity contribution in [2.45, 2.75) is 33.3 Å². The molecule has 0 unspecified atom stereocenters. The fourth-order valence-corrected chi connectivity index (χ4v) is 2.72. The molecule has 0 saturated carbocycles. The van der Waals surface area contributed by atoms with Crippen LogP contribution in [0.2, 0.25) is 0 Å². The number of carbonyl (C=O) groups is 1. The van der Waals surface area contributed by atoms with Crippen molar-refractivity contribution in [1.82, 2.24) is 4.98 Å². The van der Waals surface area contributed by atoms with Crippen LogP contribution in [0.3, 0.4) is 0 Å². The summed E-state index contributed by atoms with van der Waals surface area (Å²) >= 11 is 0. The van der Waals surface area contributed by atoms with Crippen molar-refractivity contribution in [2.24, 2.45) is 0 Å². The Morgan fingerprint density at radius 1 is 1.07 bits per heavy atom. The van der Waals surface area contributed by atoms with Crippen molar-refractivity contribution in [3.8, 4) is 17.0 Å². The monoisotopic (exact) mass is 360 g/mol. The summed E-state index contributed by atoms with van der Waals surface area (Å²) in [6.45, 7) is 6.05. The molecule has 1 N–H and O–H groups in total. The number of rotatable bonds is 6. The molecule has 1 heterocycles. The Hall–Kier alpha value is -3.14. The third-order valence-corrected chi connectivity index (χ3v) is 4.14. The first-order chi connectivity index (χ1) is 13.0. The Balaban J connectivity index is 1.70. The molecule has 2 aromatic carbocycles. The second kappa shape index (κ2) is 8.49. The Kier molecular flexibility index (Phi) is 5.87. The van der Waals surface area contributed by atoms with E-state index in [2.05, 4.69) is 23.3 Å². The van der Waals surface area contributed by atoms with Gasteiger partial charge in [0.2, 0.25) is 0 Å². The zero-order valence-corrected chi connectivity index (χ0v) is 15.9. The molecule has 0 aliphatic rings. The van der Waals surface area contributed by atoms with Gasteiger partial charge in [0.25, 0.3) is 5.91 Å². The minimum absolute atomic E-state index is 0.0866. The normalized spacial score (nSPS) is 10.7. The molecule has 138 valence electrons. The molecule has 4 heteroatoms. The standard InChI is InChI=1S/C23H24N2O2/c1-4-17-8-13-22(24-15-17)18-9-11-19(12-10-18)23(26)25-20-6-5-7-21(14-20)27-16(2)3/h5-16H,4H2,1-3H3,(H,25,26). The van der Waals surface area contributed by atoms with Crippen LogP contribution in [0.15, 0.2) is 66.9 Å². The van der Waals surface area contributed by atoms with Gasteiger partial charge in [-0.25, -0.2) is 0 Å². The van der Waals surface area contributed by atoms with Crippen molar-refractivity contribution >= 4 is 11.6 Å². The maximum atomic E-state index is 12.5. The second-order valence-corrected chi connectivity index (χ2v) is 6.63. The molecule has 0 bridgehead atoms. The molecule has 27 heavy (non-hydrogen) atoms. The lowest BCUT2D eigenvalue weighted by Gasteiger charge is -2.11. The van der Waals surface area contributed by atoms with E-state index in [-0.39, 0.29) is 12.0 Å². The molecular formula is C23H24N2O2. The van der Waals surface area contributed by atoms with Crippen LogP contribution in [0, 0.1) is 0 Å². The molecule has 0 aliphatic heterocycles. The third kappa shape index (κ3) is 4.94. The largest absolute Gasteiger partial charge is 0.491 e. The van der Waals surface area contributed by atoms with Crippen LogP contribution in [-0.2, 0) is 6.42 Å². The molecule has 0 fully saturated rings. The van der Waals surface area contributed by atoms with Crippen LogP contribution in [0.4, 0.5) is 5.69 Å². The predicted molar refractivity (Wildman–Crippen MR) is 109 cm³/mol. The average molecular weight is 360 g/mol. The number of hydrogen-bond donors (Lipinski definition) is 1. The summed E-state index contributed by atoms with van der Waals surface area (Å²) in [7, 11) is 0. The number of pyridine rings is 1. The Labute approximate surface area is 160 Å². The van der Waals surface area contributed by atoms with Gasteiger partial charge in [-0.3, -0.25) is 9.78 Å². The number of aromatic nitrogens is 1. The number of amides is 1. The minimum Gasteiger partial charge on any atom is -0.491 e. The van der Waals surface area contributed by atoms with Crippen LogP contribution in [0.5, 0.6) is 5.75 Å². The lowest BCUT2D eigenvalue weighted by Crippen LogP contribution is -2.12. The van der Waals surface area contributed by atoms with E-state index >= 15 is 0 Å². The molecule has 0 radical (unpaired) electrons. The number of carbonyl (C=O) groups excluding carboxylic acids is 1. The highest BCUT2D eigenvalue weighted by Crippen LogP contribution is 2.21. The van der Waals surface area contributed by atoms with Gasteiger partial charge >= 0.3 is 0 Å². The number of anilines is 1. The summed E-state index contributed by atoms with van der Waals surface area (Å²) in [4.78, 5) is 17.0. The van der Waals surface area contributed by atoms with Gasteiger partial charge in [0.15, 0.2) is 0 Å². The summed E-state index contributed by atoms with van der Waals surface area (Å²) < 4.78 is 5.67. The van der Waals surface area contributed by atoms with Gasteiger partial charge in [0, 0.05) is 29.1 Å². The van der Waals surface area contributed by atoms with E-state index in [1.54, 1.807) is 0 Å². The summed E-state index contributed by atoms with van der Waals surface area (Å²) in [5.41, 5.74) is 4.40. The highest BCUT2D eigenvalue weighted by Gasteiger charge is 2.08. The van der Waals surface area contributed by atoms with Gasteiger partial charge < -0.3 is 10.1 Å². The summed E-state index contributed by atoms with van der Waals surface area (Å²) in [5.74, 6) is 0.581. The molecule has 0 spiro atoms. The molecule has 4 nitrogen and oxygen atoms in total. The SMILES string of the molecule is CCc1ccc(-c2ccc(C(=O)Nc3cccc(OC(C)C)c3)cc2)nc1. The molecule has 1 aromatic heterocycles. The molecule has 1 amide bonds. The fraction of sp³-hybridized carbons (Fsp3) is 0.217. The molecular weight excluding hydrogens is 336 g/mol. The first-order valence-corrected chi connectivity index (χ1v) is 9.18. The molecule has 3 aromatic rings. The van der Waals surface area contributed by atoms with E-state index in [1.165, 1.54) is 5.56 Å². The van der Waals surface area contributed by atoms with Crippen molar-refractivity contribution in [2.75, 3.05) is 5.32 Å². The molecule has 0 atom stereocenters. The first kappa shape index (κ1) is 18.6. The summed E-state index contributed by atoms with van der Waals surface area (Å²) in [6.07, 6.45) is 2.95. The quantitative estimate of drug-likeness (QED) is 0.644. The van der Waals surface area contributed by atoms with E-state index in [1.807, 2.05) is 74.6 Å². The Bertz CT molecular complexity index is 900. The number of aryl methyl sites for hydroxylation is 1. The van der Waals surface area contributed by atoms with Gasteiger partial charge in [-0.15, -0.1) is 0 Å². The lowest BCUT2D eigenvalue weighted by atomic mass is 10.1. The highest BCUT2D eigenvalue weighted by atomic mass is 16.5. The third-order valence-electron chi connectivity index (χ3n) is 4.14. The maximum Gasteiger partial charge on any atom is 0.255 e. The van der Waals surface area contributed by atoms with Crippen molar-refractivity contribution in [3.05, 3.63) is 78.0 Å². The van der Waals surface area contributed by atoms with Gasteiger partial charge in [0.05, 0.1) is 11.8 Å². The summed E-state index contributed by atoms with van der Waals surface area (Å²) in [6, 6.07) is 19.0. The van der Waals surface area contributed by atoms with E-state index in [0.29, 0.717) is 11.3 Å². The number of hydrogen-bond acceptors (Lipinski definition) is 3. The van der Waals surface area contributed by atoms with E-state index < -0.39 is 0 Å². The van der Waals surface area contributed by atoms with Gasteiger partial charge in [-0.2, -0.15) is 0 Å². The molecule has 3 rings (SSSR count). The fourth-order valence-electron chi connectivity index (χ4n) is 2.72. The number of nitrogens with one attached hydrogen (secondary N) is 1. The highest BCUT2D eigenvalue weighted by molar-refractivity contribution is 6.04. The molecule has 0 saturated heterocycles. The average Bonchev–Trinajstić information content (AvgIpc) is 2.68. The predicted octanol–water partition coefficient (Wildman–Crippen LogP) is 5.35. The zero-order valence-electron chi connectivity index (χ0n) is 15.9. The molecule has 0 aliphatic carbocycles. The van der Waals surface area contributed by atoms with E-state index in [4.69, 9.17) is 4.74 Å². The number of nitrogens with zero attached hydrogens (tertiary/aromatic N) is 1. The zero-order chi connectivity index (χ0) is 19.2. The van der Waals surface area contributed by atoms with Crippen LogP contribution in [0.25, 0.3) is 11.3 Å². The van der Waals surface area contributed by atoms with Crippen LogP contribution >= 0.6 is 0 Å². The Morgan fingerprint density at radius 3 is 2.48 bits per heavy atom. The topological polar surface area (TPSA) is 51.2 Å². The second-order valence-electron chi connectivity index (χ2n) is 6.63. The van der Waals surface area contributed by atoms with E-state index in [0.717, 1.165) is 23.4 Å². The van der Waals surface area contributed by atoms with Crippen molar-refractivity contribution in [1.29, 1.82) is 0 Å². The first-order valence-electron chi connectivity index (χ1n) is 9.18. The summed E-state index contributed by atoms with van der Waals surface area (Å²) in [5, 5.41) is 2.91. The number of benzene rings is 2. The van der Waals surface area contributed by atoms with Crippen molar-refractivity contribution in [3.63, 3.8) is 0 Å². The maximum absolute atomic E-state index is 12.5. The van der Waals surface area contributed by atoms with Crippen LogP contribution in [0.1, 0.15) is 36.7 Å². The lowest BCUT2D eigenvalue weighted by molar-refractivity contribution is 0.102. The van der Waals surface area contributed by atoms with Gasteiger partial charge in [0.1, 0.15) is 5.75 Å². The van der Waals surface area contributed by atoms with Crippen LogP contribution in [-0.4, -0.2) is 17.0 Å². The smallest absolute Gasteiger partial charge is 0.255 e. The van der Waals surface area contributed by atoms with E-state index in [9.17, 15) is 4.79 Å². The van der Waals surface area contributed by atoms with Gasteiger partial charge in [-0.1, -0.05) is 31.2 Å².